The van der Waals surface area contributed by atoms with Gasteiger partial charge in [-0.15, -0.1) is 0 Å². The number of ketones is 1. The van der Waals surface area contributed by atoms with E-state index in [0.717, 1.165) is 11.1 Å². The van der Waals surface area contributed by atoms with Gasteiger partial charge in [-0.25, -0.2) is 4.79 Å². The van der Waals surface area contributed by atoms with Crippen LogP contribution in [0.25, 0.3) is 0 Å². The summed E-state index contributed by atoms with van der Waals surface area (Å²) in [4.78, 5) is 53.9. The van der Waals surface area contributed by atoms with E-state index < -0.39 is 34.6 Å². The van der Waals surface area contributed by atoms with Crippen molar-refractivity contribution in [2.75, 3.05) is 19.7 Å². The highest BCUT2D eigenvalue weighted by Gasteiger charge is 2.43. The lowest BCUT2D eigenvalue weighted by molar-refractivity contribution is -0.142. The van der Waals surface area contributed by atoms with E-state index in [1.807, 2.05) is 60.7 Å². The number of likely N-dealkylation sites (tertiary alicyclic amines) is 1. The molecule has 222 valence electrons. The van der Waals surface area contributed by atoms with Gasteiger partial charge in [0.15, 0.2) is 0 Å². The summed E-state index contributed by atoms with van der Waals surface area (Å²) in [7, 11) is 0. The lowest BCUT2D eigenvalue weighted by Gasteiger charge is -2.41. The molecule has 1 saturated heterocycles. The maximum atomic E-state index is 13.8. The summed E-state index contributed by atoms with van der Waals surface area (Å²) < 4.78 is 11.2. The van der Waals surface area contributed by atoms with E-state index in [2.05, 4.69) is 10.6 Å². The summed E-state index contributed by atoms with van der Waals surface area (Å²) in [5.41, 5.74) is -0.863. The number of nitrogens with one attached hydrogen (secondary N) is 2. The van der Waals surface area contributed by atoms with E-state index in [-0.39, 0.29) is 24.9 Å². The highest BCUT2D eigenvalue weighted by molar-refractivity contribution is 5.94. The third kappa shape index (κ3) is 8.63. The van der Waals surface area contributed by atoms with Crippen LogP contribution in [0, 0.1) is 0 Å². The minimum atomic E-state index is -1.36. The van der Waals surface area contributed by atoms with Crippen molar-refractivity contribution in [2.24, 2.45) is 0 Å². The van der Waals surface area contributed by atoms with Crippen molar-refractivity contribution in [3.63, 3.8) is 0 Å². The normalized spacial score (nSPS) is 15.9. The summed E-state index contributed by atoms with van der Waals surface area (Å²) >= 11 is 0. The summed E-state index contributed by atoms with van der Waals surface area (Å²) in [5, 5.41) is 5.38. The van der Waals surface area contributed by atoms with Crippen LogP contribution < -0.4 is 10.6 Å². The average Bonchev–Trinajstić information content (AvgIpc) is 2.91. The number of nitrogens with zero attached hydrogens (tertiary/aromatic N) is 1. The number of ether oxygens (including phenoxy) is 2. The molecule has 1 fully saturated rings. The fraction of sp³-hybridized carbons (Fsp3) is 0.500. The van der Waals surface area contributed by atoms with Gasteiger partial charge in [-0.3, -0.25) is 14.4 Å². The minimum Gasteiger partial charge on any atom is -0.444 e. The van der Waals surface area contributed by atoms with Crippen LogP contribution in [0.2, 0.25) is 0 Å². The van der Waals surface area contributed by atoms with Crippen LogP contribution in [0.3, 0.4) is 0 Å². The Hall–Kier alpha value is -3.72. The number of carbonyl (C=O) groups is 4. The standard InChI is InChI=1S/C32H43N3O6/c1-23(36)32(25-15-11-8-12-16-25)17-19-35(20-18-32)27(37)26(22-40-21-24-13-9-7-10-14-24)33-28(38)31(5,6)34-29(39)41-30(2,3)4/h7-16,26H,17-22H2,1-6H3,(H,33,38)(H,34,39)/t26-/m1/s1. The van der Waals surface area contributed by atoms with E-state index >= 15 is 0 Å². The Kier molecular flexibility index (Phi) is 10.3. The Bertz CT molecular complexity index is 1200. The molecule has 1 aliphatic heterocycles. The molecule has 9 nitrogen and oxygen atoms in total. The average molecular weight is 566 g/mol. The Morgan fingerprint density at radius 1 is 0.902 bits per heavy atom. The summed E-state index contributed by atoms with van der Waals surface area (Å²) in [6.07, 6.45) is 0.225. The van der Waals surface area contributed by atoms with E-state index in [0.29, 0.717) is 25.9 Å². The van der Waals surface area contributed by atoms with Gasteiger partial charge in [0, 0.05) is 13.1 Å². The first-order chi connectivity index (χ1) is 19.2. The smallest absolute Gasteiger partial charge is 0.408 e. The highest BCUT2D eigenvalue weighted by atomic mass is 16.6. The molecule has 1 aliphatic rings. The Morgan fingerprint density at radius 3 is 2.00 bits per heavy atom. The van der Waals surface area contributed by atoms with Gasteiger partial charge < -0.3 is 25.0 Å². The molecule has 1 heterocycles. The number of rotatable bonds is 10. The maximum absolute atomic E-state index is 13.8. The van der Waals surface area contributed by atoms with Crippen LogP contribution in [0.5, 0.6) is 0 Å². The predicted molar refractivity (Wildman–Crippen MR) is 156 cm³/mol. The molecule has 0 aromatic heterocycles. The predicted octanol–water partition coefficient (Wildman–Crippen LogP) is 4.14. The number of Topliss-reactive ketones (excluding diaryl/α,β-unsaturated/α-hetero) is 1. The van der Waals surface area contributed by atoms with Gasteiger partial charge in [0.1, 0.15) is 23.0 Å². The van der Waals surface area contributed by atoms with Crippen LogP contribution in [-0.2, 0) is 35.9 Å². The zero-order valence-corrected chi connectivity index (χ0v) is 25.0. The molecule has 0 bridgehead atoms. The molecule has 0 aliphatic carbocycles. The van der Waals surface area contributed by atoms with Gasteiger partial charge in [-0.05, 0) is 65.5 Å². The first-order valence-corrected chi connectivity index (χ1v) is 14.0. The van der Waals surface area contributed by atoms with E-state index in [9.17, 15) is 19.2 Å². The zero-order chi connectivity index (χ0) is 30.3. The van der Waals surface area contributed by atoms with Gasteiger partial charge in [0.2, 0.25) is 11.8 Å². The van der Waals surface area contributed by atoms with Crippen molar-refractivity contribution >= 4 is 23.7 Å². The van der Waals surface area contributed by atoms with Crippen LogP contribution in [0.4, 0.5) is 4.79 Å². The fourth-order valence-electron chi connectivity index (χ4n) is 4.93. The number of benzene rings is 2. The Labute approximate surface area is 243 Å². The number of piperidine rings is 1. The van der Waals surface area contributed by atoms with Crippen LogP contribution in [0.15, 0.2) is 60.7 Å². The van der Waals surface area contributed by atoms with E-state index in [1.165, 1.54) is 0 Å². The first kappa shape index (κ1) is 31.8. The molecule has 0 saturated carbocycles. The molecule has 3 rings (SSSR count). The van der Waals surface area contributed by atoms with Crippen LogP contribution in [-0.4, -0.2) is 65.5 Å². The lowest BCUT2D eigenvalue weighted by Crippen LogP contribution is -2.61. The molecular weight excluding hydrogens is 522 g/mol. The SMILES string of the molecule is CC(=O)C1(c2ccccc2)CCN(C(=O)[C@@H](COCc2ccccc2)NC(=O)C(C)(C)NC(=O)OC(C)(C)C)CC1. The van der Waals surface area contributed by atoms with Gasteiger partial charge in [0.05, 0.1) is 18.6 Å². The molecule has 9 heteroatoms. The second kappa shape index (κ2) is 13.3. The second-order valence-electron chi connectivity index (χ2n) is 12.1. The summed E-state index contributed by atoms with van der Waals surface area (Å²) in [5.74, 6) is -0.782. The molecule has 1 atom stereocenters. The summed E-state index contributed by atoms with van der Waals surface area (Å²) in [6, 6.07) is 18.2. The molecular formula is C32H43N3O6. The van der Waals surface area contributed by atoms with Crippen molar-refractivity contribution in [1.82, 2.24) is 15.5 Å². The van der Waals surface area contributed by atoms with Crippen LogP contribution >= 0.6 is 0 Å². The van der Waals surface area contributed by atoms with Crippen molar-refractivity contribution < 1.29 is 28.7 Å². The number of alkyl carbamates (subject to hydrolysis) is 1. The number of hydrogen-bond donors (Lipinski definition) is 2. The Morgan fingerprint density at radius 2 is 1.46 bits per heavy atom. The quantitative estimate of drug-likeness (QED) is 0.448. The van der Waals surface area contributed by atoms with Gasteiger partial charge in [0.25, 0.3) is 0 Å². The molecule has 3 amide bonds. The van der Waals surface area contributed by atoms with Gasteiger partial charge >= 0.3 is 6.09 Å². The highest BCUT2D eigenvalue weighted by Crippen LogP contribution is 2.36. The molecule has 0 radical (unpaired) electrons. The van der Waals surface area contributed by atoms with Crippen molar-refractivity contribution in [3.8, 4) is 0 Å². The number of amides is 3. The molecule has 2 aromatic carbocycles. The molecule has 0 unspecified atom stereocenters. The van der Waals surface area contributed by atoms with Crippen LogP contribution in [0.1, 0.15) is 65.5 Å². The molecule has 0 spiro atoms. The minimum absolute atomic E-state index is 0.0605. The second-order valence-corrected chi connectivity index (χ2v) is 12.1. The van der Waals surface area contributed by atoms with Crippen molar-refractivity contribution in [2.45, 2.75) is 83.6 Å². The molecule has 2 N–H and O–H groups in total. The first-order valence-electron chi connectivity index (χ1n) is 14.0. The lowest BCUT2D eigenvalue weighted by atomic mass is 9.70. The Balaban J connectivity index is 1.73. The molecule has 41 heavy (non-hydrogen) atoms. The van der Waals surface area contributed by atoms with Gasteiger partial charge in [-0.2, -0.15) is 0 Å². The largest absolute Gasteiger partial charge is 0.444 e. The number of carbonyl (C=O) groups excluding carboxylic acids is 4. The summed E-state index contributed by atoms with van der Waals surface area (Å²) in [6.45, 7) is 10.8. The zero-order valence-electron chi connectivity index (χ0n) is 25.0. The van der Waals surface area contributed by atoms with Gasteiger partial charge in [-0.1, -0.05) is 60.7 Å². The van der Waals surface area contributed by atoms with E-state index in [4.69, 9.17) is 9.47 Å². The van der Waals surface area contributed by atoms with E-state index in [1.54, 1.807) is 46.4 Å². The number of hydrogen-bond acceptors (Lipinski definition) is 6. The topological polar surface area (TPSA) is 114 Å². The third-order valence-electron chi connectivity index (χ3n) is 7.31. The molecule has 2 aromatic rings. The third-order valence-corrected chi connectivity index (χ3v) is 7.31. The van der Waals surface area contributed by atoms with Crippen molar-refractivity contribution in [1.29, 1.82) is 0 Å². The fourth-order valence-corrected chi connectivity index (χ4v) is 4.93. The monoisotopic (exact) mass is 565 g/mol. The maximum Gasteiger partial charge on any atom is 0.408 e. The van der Waals surface area contributed by atoms with Crippen molar-refractivity contribution in [3.05, 3.63) is 71.8 Å².